The van der Waals surface area contributed by atoms with Gasteiger partial charge in [0, 0.05) is 6.54 Å². The van der Waals surface area contributed by atoms with E-state index < -0.39 is 5.97 Å². The van der Waals surface area contributed by atoms with E-state index in [2.05, 4.69) is 5.92 Å². The molecule has 0 aromatic heterocycles. The smallest absolute Gasteiger partial charge is 0.305 e. The van der Waals surface area contributed by atoms with E-state index in [1.807, 2.05) is 0 Å². The van der Waals surface area contributed by atoms with Crippen molar-refractivity contribution in [1.82, 2.24) is 4.90 Å². The van der Waals surface area contributed by atoms with Crippen molar-refractivity contribution in [1.29, 1.82) is 0 Å². The molecule has 1 fully saturated rings. The molecule has 0 aliphatic carbocycles. The van der Waals surface area contributed by atoms with Crippen LogP contribution in [0.25, 0.3) is 6.08 Å². The average Bonchev–Trinajstić information content (AvgIpc) is 2.78. The summed E-state index contributed by atoms with van der Waals surface area (Å²) in [4.78, 5) is 24.7. The Hall–Kier alpha value is -2.30. The highest BCUT2D eigenvalue weighted by Crippen LogP contribution is 2.32. The number of thioether (sulfide) groups is 1. The number of carboxylic acids is 1. The highest BCUT2D eigenvalue weighted by atomic mass is 32.2. The van der Waals surface area contributed by atoms with E-state index in [1.54, 1.807) is 30.3 Å². The van der Waals surface area contributed by atoms with E-state index in [1.165, 1.54) is 4.90 Å². The summed E-state index contributed by atoms with van der Waals surface area (Å²) in [6.45, 7) is 0.276. The Labute approximate surface area is 143 Å². The lowest BCUT2D eigenvalue weighted by atomic mass is 10.2. The highest BCUT2D eigenvalue weighted by Gasteiger charge is 2.31. The van der Waals surface area contributed by atoms with Crippen molar-refractivity contribution in [2.45, 2.75) is 6.42 Å². The molecule has 0 radical (unpaired) electrons. The fourth-order valence-electron chi connectivity index (χ4n) is 1.84. The van der Waals surface area contributed by atoms with Gasteiger partial charge in [-0.3, -0.25) is 14.5 Å². The van der Waals surface area contributed by atoms with Crippen LogP contribution in [0.4, 0.5) is 0 Å². The summed E-state index contributed by atoms with van der Waals surface area (Å²) in [7, 11) is 0. The van der Waals surface area contributed by atoms with Gasteiger partial charge in [-0.15, -0.1) is 6.42 Å². The fraction of sp³-hybridized carbons (Fsp3) is 0.188. The van der Waals surface area contributed by atoms with Crippen molar-refractivity contribution in [3.05, 3.63) is 34.7 Å². The first-order valence-electron chi connectivity index (χ1n) is 6.64. The Morgan fingerprint density at radius 2 is 2.13 bits per heavy atom. The summed E-state index contributed by atoms with van der Waals surface area (Å²) in [6, 6.07) is 7.12. The van der Waals surface area contributed by atoms with E-state index in [0.717, 1.165) is 17.3 Å². The molecule has 1 amide bonds. The van der Waals surface area contributed by atoms with Crippen LogP contribution in [0.15, 0.2) is 29.2 Å². The van der Waals surface area contributed by atoms with Crippen LogP contribution in [0.5, 0.6) is 5.75 Å². The maximum atomic E-state index is 12.3. The van der Waals surface area contributed by atoms with Crippen LogP contribution >= 0.6 is 24.0 Å². The van der Waals surface area contributed by atoms with Gasteiger partial charge >= 0.3 is 5.97 Å². The first-order valence-corrected chi connectivity index (χ1v) is 7.87. The predicted molar refractivity (Wildman–Crippen MR) is 92.9 cm³/mol. The Bertz CT molecular complexity index is 704. The zero-order valence-corrected chi connectivity index (χ0v) is 13.7. The molecular weight excluding hydrogens is 334 g/mol. The number of aliphatic carboxylic acids is 1. The van der Waals surface area contributed by atoms with Crippen molar-refractivity contribution in [2.75, 3.05) is 13.2 Å². The van der Waals surface area contributed by atoms with Gasteiger partial charge in [-0.05, 0) is 23.8 Å². The van der Waals surface area contributed by atoms with Gasteiger partial charge in [-0.1, -0.05) is 42.0 Å². The number of ether oxygens (including phenoxy) is 1. The monoisotopic (exact) mass is 347 g/mol. The molecule has 23 heavy (non-hydrogen) atoms. The van der Waals surface area contributed by atoms with Crippen LogP contribution in [0.3, 0.4) is 0 Å². The van der Waals surface area contributed by atoms with E-state index in [-0.39, 0.29) is 25.5 Å². The lowest BCUT2D eigenvalue weighted by Crippen LogP contribution is -2.30. The van der Waals surface area contributed by atoms with Gasteiger partial charge in [-0.2, -0.15) is 0 Å². The number of thiocarbonyl (C=S) groups is 1. The molecule has 2 rings (SSSR count). The van der Waals surface area contributed by atoms with Crippen LogP contribution < -0.4 is 4.74 Å². The minimum absolute atomic E-state index is 0.0796. The maximum Gasteiger partial charge on any atom is 0.305 e. The van der Waals surface area contributed by atoms with Crippen molar-refractivity contribution in [3.8, 4) is 18.1 Å². The molecule has 1 aliphatic heterocycles. The fourth-order valence-corrected chi connectivity index (χ4v) is 3.15. The molecule has 0 saturated carbocycles. The molecule has 1 aliphatic rings. The van der Waals surface area contributed by atoms with Gasteiger partial charge in [0.05, 0.1) is 11.3 Å². The van der Waals surface area contributed by atoms with Gasteiger partial charge in [0.25, 0.3) is 5.91 Å². The molecule has 1 N–H and O–H groups in total. The third-order valence-electron chi connectivity index (χ3n) is 2.92. The number of nitrogens with zero attached hydrogens (tertiary/aromatic N) is 1. The molecular formula is C16H13NO4S2. The summed E-state index contributed by atoms with van der Waals surface area (Å²) in [5.41, 5.74) is 0.816. The van der Waals surface area contributed by atoms with Gasteiger partial charge in [0.1, 0.15) is 16.7 Å². The average molecular weight is 347 g/mol. The summed E-state index contributed by atoms with van der Waals surface area (Å²) in [5.74, 6) is 1.79. The molecule has 5 nitrogen and oxygen atoms in total. The SMILES string of the molecule is C#CCOc1ccc(/C=C2\SC(=S)N(CCC(=O)O)C2=O)cc1. The second-order valence-electron chi connectivity index (χ2n) is 4.54. The Balaban J connectivity index is 2.08. The highest BCUT2D eigenvalue weighted by molar-refractivity contribution is 8.26. The van der Waals surface area contributed by atoms with Gasteiger partial charge < -0.3 is 9.84 Å². The van der Waals surface area contributed by atoms with Crippen LogP contribution in [-0.2, 0) is 9.59 Å². The van der Waals surface area contributed by atoms with E-state index in [0.29, 0.717) is 15.0 Å². The molecule has 118 valence electrons. The van der Waals surface area contributed by atoms with Crippen LogP contribution in [0.2, 0.25) is 0 Å². The van der Waals surface area contributed by atoms with Crippen molar-refractivity contribution in [3.63, 3.8) is 0 Å². The molecule has 7 heteroatoms. The summed E-state index contributed by atoms with van der Waals surface area (Å²) < 4.78 is 5.65. The van der Waals surface area contributed by atoms with Gasteiger partial charge in [0.15, 0.2) is 0 Å². The molecule has 1 aromatic carbocycles. The molecule has 0 spiro atoms. The number of benzene rings is 1. The van der Waals surface area contributed by atoms with Gasteiger partial charge in [-0.25, -0.2) is 0 Å². The maximum absolute atomic E-state index is 12.3. The summed E-state index contributed by atoms with van der Waals surface area (Å²) in [6.07, 6.45) is 6.70. The second-order valence-corrected chi connectivity index (χ2v) is 6.21. The molecule has 1 aromatic rings. The summed E-state index contributed by atoms with van der Waals surface area (Å²) >= 11 is 6.29. The van der Waals surface area contributed by atoms with Crippen molar-refractivity contribution in [2.24, 2.45) is 0 Å². The topological polar surface area (TPSA) is 66.8 Å². The largest absolute Gasteiger partial charge is 0.481 e. The summed E-state index contributed by atoms with van der Waals surface area (Å²) in [5, 5.41) is 8.71. The number of carbonyl (C=O) groups excluding carboxylic acids is 1. The minimum atomic E-state index is -0.967. The lowest BCUT2D eigenvalue weighted by molar-refractivity contribution is -0.137. The Kier molecular flexibility index (Phi) is 5.79. The van der Waals surface area contributed by atoms with Gasteiger partial charge in [0.2, 0.25) is 0 Å². The standard InChI is InChI=1S/C16H13NO4S2/c1-2-9-21-12-5-3-11(4-6-12)10-13-15(20)17(16(22)23-13)8-7-14(18)19/h1,3-6,10H,7-9H2,(H,18,19)/b13-10-. The molecule has 0 bridgehead atoms. The first kappa shape index (κ1) is 17.1. The lowest BCUT2D eigenvalue weighted by Gasteiger charge is -2.12. The third kappa shape index (κ3) is 4.58. The first-order chi connectivity index (χ1) is 11.0. The van der Waals surface area contributed by atoms with E-state index >= 15 is 0 Å². The normalized spacial score (nSPS) is 15.8. The van der Waals surface area contributed by atoms with Crippen LogP contribution in [0, 0.1) is 12.3 Å². The molecule has 1 saturated heterocycles. The second kappa shape index (κ2) is 7.81. The number of carboxylic acid groups (broad SMARTS) is 1. The number of carbonyl (C=O) groups is 2. The van der Waals surface area contributed by atoms with E-state index in [9.17, 15) is 9.59 Å². The Morgan fingerprint density at radius 1 is 1.43 bits per heavy atom. The third-order valence-corrected chi connectivity index (χ3v) is 4.30. The number of hydrogen-bond acceptors (Lipinski definition) is 5. The van der Waals surface area contributed by atoms with Crippen molar-refractivity contribution >= 4 is 46.3 Å². The number of rotatable bonds is 6. The Morgan fingerprint density at radius 3 is 2.74 bits per heavy atom. The van der Waals surface area contributed by atoms with Crippen LogP contribution in [0.1, 0.15) is 12.0 Å². The predicted octanol–water partition coefficient (Wildman–Crippen LogP) is 2.37. The minimum Gasteiger partial charge on any atom is -0.481 e. The number of terminal acetylenes is 1. The molecule has 0 unspecified atom stereocenters. The zero-order valence-electron chi connectivity index (χ0n) is 12.0. The van der Waals surface area contributed by atoms with E-state index in [4.69, 9.17) is 28.5 Å². The van der Waals surface area contributed by atoms with Crippen molar-refractivity contribution < 1.29 is 19.4 Å². The zero-order chi connectivity index (χ0) is 16.8. The molecule has 0 atom stereocenters. The quantitative estimate of drug-likeness (QED) is 0.484. The number of hydrogen-bond donors (Lipinski definition) is 1. The van der Waals surface area contributed by atoms with Crippen LogP contribution in [-0.4, -0.2) is 39.4 Å². The molecule has 1 heterocycles. The number of amides is 1.